The highest BCUT2D eigenvalue weighted by Gasteiger charge is 2.54. The van der Waals surface area contributed by atoms with Crippen LogP contribution < -0.4 is 4.90 Å². The van der Waals surface area contributed by atoms with E-state index in [-0.39, 0.29) is 11.8 Å². The average Bonchev–Trinajstić information content (AvgIpc) is 3.14. The van der Waals surface area contributed by atoms with Crippen molar-refractivity contribution in [2.45, 2.75) is 18.8 Å². The molecule has 4 rings (SSSR count). The van der Waals surface area contributed by atoms with Gasteiger partial charge in [0.2, 0.25) is 5.91 Å². The van der Waals surface area contributed by atoms with Crippen LogP contribution in [0.5, 0.6) is 0 Å². The Hall–Kier alpha value is -2.62. The Morgan fingerprint density at radius 2 is 1.79 bits per heavy atom. The number of carbonyl (C=O) groups excluding carboxylic acids is 2. The Labute approximate surface area is 141 Å². The SMILES string of the molecule is Cc1ccccc1C(=O)N1CC[C@@]2(C1)C(=O)N(C)c1ccccc12. The molecule has 1 atom stereocenters. The summed E-state index contributed by atoms with van der Waals surface area (Å²) in [5.41, 5.74) is 3.13. The van der Waals surface area contributed by atoms with E-state index in [4.69, 9.17) is 0 Å². The highest BCUT2D eigenvalue weighted by molar-refractivity contribution is 6.09. The molecule has 4 nitrogen and oxygen atoms in total. The largest absolute Gasteiger partial charge is 0.337 e. The molecule has 0 radical (unpaired) electrons. The lowest BCUT2D eigenvalue weighted by Crippen LogP contribution is -2.42. The third kappa shape index (κ3) is 1.92. The third-order valence-corrected chi connectivity index (χ3v) is 5.43. The van der Waals surface area contributed by atoms with Crippen molar-refractivity contribution in [2.75, 3.05) is 25.0 Å². The molecule has 0 unspecified atom stereocenters. The van der Waals surface area contributed by atoms with Crippen molar-refractivity contribution in [3.8, 4) is 0 Å². The summed E-state index contributed by atoms with van der Waals surface area (Å²) in [6, 6.07) is 15.6. The van der Waals surface area contributed by atoms with Crippen LogP contribution in [0, 0.1) is 6.92 Å². The number of benzene rings is 2. The van der Waals surface area contributed by atoms with E-state index in [0.717, 1.165) is 22.4 Å². The smallest absolute Gasteiger partial charge is 0.254 e. The minimum absolute atomic E-state index is 0.0183. The predicted molar refractivity (Wildman–Crippen MR) is 93.2 cm³/mol. The number of fused-ring (bicyclic) bond motifs is 2. The number of rotatable bonds is 1. The van der Waals surface area contributed by atoms with Crippen LogP contribution in [-0.2, 0) is 10.2 Å². The number of anilines is 1. The first-order valence-electron chi connectivity index (χ1n) is 8.27. The number of likely N-dealkylation sites (tertiary alicyclic amines) is 1. The molecule has 2 amide bonds. The molecule has 0 bridgehead atoms. The van der Waals surface area contributed by atoms with Gasteiger partial charge in [0, 0.05) is 31.4 Å². The number of carbonyl (C=O) groups is 2. The van der Waals surface area contributed by atoms with Crippen molar-refractivity contribution in [2.24, 2.45) is 0 Å². The number of likely N-dealkylation sites (N-methyl/N-ethyl adjacent to an activating group) is 1. The lowest BCUT2D eigenvalue weighted by atomic mass is 9.81. The summed E-state index contributed by atoms with van der Waals surface area (Å²) in [6.45, 7) is 3.02. The van der Waals surface area contributed by atoms with Crippen LogP contribution in [0.4, 0.5) is 5.69 Å². The molecular weight excluding hydrogens is 300 g/mol. The number of nitrogens with zero attached hydrogens (tertiary/aromatic N) is 2. The molecule has 4 heteroatoms. The van der Waals surface area contributed by atoms with Crippen molar-refractivity contribution in [1.82, 2.24) is 4.90 Å². The normalized spacial score (nSPS) is 22.3. The summed E-state index contributed by atoms with van der Waals surface area (Å²) < 4.78 is 0. The van der Waals surface area contributed by atoms with Crippen LogP contribution in [0.25, 0.3) is 0 Å². The highest BCUT2D eigenvalue weighted by Crippen LogP contribution is 2.46. The Morgan fingerprint density at radius 3 is 2.58 bits per heavy atom. The molecular formula is C20H20N2O2. The summed E-state index contributed by atoms with van der Waals surface area (Å²) in [4.78, 5) is 29.4. The fraction of sp³-hybridized carbons (Fsp3) is 0.300. The second-order valence-electron chi connectivity index (χ2n) is 6.76. The topological polar surface area (TPSA) is 40.6 Å². The first-order chi connectivity index (χ1) is 11.5. The number of hydrogen-bond acceptors (Lipinski definition) is 2. The quantitative estimate of drug-likeness (QED) is 0.811. The summed E-state index contributed by atoms with van der Waals surface area (Å²) in [5, 5.41) is 0. The maximum Gasteiger partial charge on any atom is 0.254 e. The van der Waals surface area contributed by atoms with Crippen LogP contribution in [0.1, 0.15) is 27.9 Å². The van der Waals surface area contributed by atoms with Crippen LogP contribution >= 0.6 is 0 Å². The van der Waals surface area contributed by atoms with Gasteiger partial charge in [0.25, 0.3) is 5.91 Å². The van der Waals surface area contributed by atoms with E-state index in [1.165, 1.54) is 0 Å². The lowest BCUT2D eigenvalue weighted by molar-refractivity contribution is -0.122. The van der Waals surface area contributed by atoms with Gasteiger partial charge in [-0.05, 0) is 36.6 Å². The summed E-state index contributed by atoms with van der Waals surface area (Å²) in [7, 11) is 1.82. The Balaban J connectivity index is 1.69. The van der Waals surface area contributed by atoms with Gasteiger partial charge in [-0.25, -0.2) is 0 Å². The molecule has 0 N–H and O–H groups in total. The molecule has 1 spiro atoms. The minimum Gasteiger partial charge on any atom is -0.337 e. The molecule has 0 aromatic heterocycles. The van der Waals surface area contributed by atoms with E-state index in [2.05, 4.69) is 0 Å². The number of amides is 2. The first kappa shape index (κ1) is 14.9. The van der Waals surface area contributed by atoms with Crippen molar-refractivity contribution in [3.05, 3.63) is 65.2 Å². The van der Waals surface area contributed by atoms with Crippen molar-refractivity contribution < 1.29 is 9.59 Å². The third-order valence-electron chi connectivity index (χ3n) is 5.43. The van der Waals surface area contributed by atoms with Crippen LogP contribution in [0.3, 0.4) is 0 Å². The molecule has 122 valence electrons. The zero-order chi connectivity index (χ0) is 16.9. The number of aryl methyl sites for hydroxylation is 1. The monoisotopic (exact) mass is 320 g/mol. The van der Waals surface area contributed by atoms with Crippen LogP contribution in [0.2, 0.25) is 0 Å². The summed E-state index contributed by atoms with van der Waals surface area (Å²) in [6.07, 6.45) is 0.685. The van der Waals surface area contributed by atoms with Gasteiger partial charge in [0.1, 0.15) is 0 Å². The molecule has 2 heterocycles. The van der Waals surface area contributed by atoms with Gasteiger partial charge in [0.15, 0.2) is 0 Å². The molecule has 24 heavy (non-hydrogen) atoms. The molecule has 0 saturated carbocycles. The van der Waals surface area contributed by atoms with Gasteiger partial charge in [-0.2, -0.15) is 0 Å². The number of hydrogen-bond donors (Lipinski definition) is 0. The van der Waals surface area contributed by atoms with Gasteiger partial charge < -0.3 is 9.80 Å². The molecule has 2 aromatic carbocycles. The van der Waals surface area contributed by atoms with E-state index in [0.29, 0.717) is 19.5 Å². The molecule has 1 saturated heterocycles. The van der Waals surface area contributed by atoms with Crippen molar-refractivity contribution in [1.29, 1.82) is 0 Å². The van der Waals surface area contributed by atoms with Gasteiger partial charge in [-0.1, -0.05) is 36.4 Å². The zero-order valence-electron chi connectivity index (χ0n) is 14.0. The summed E-state index contributed by atoms with van der Waals surface area (Å²) in [5.74, 6) is 0.119. The Kier molecular flexibility index (Phi) is 3.23. The second kappa shape index (κ2) is 5.20. The fourth-order valence-corrected chi connectivity index (χ4v) is 4.08. The van der Waals surface area contributed by atoms with E-state index < -0.39 is 5.41 Å². The lowest BCUT2D eigenvalue weighted by Gasteiger charge is -2.24. The molecule has 2 aliphatic heterocycles. The minimum atomic E-state index is -0.580. The van der Waals surface area contributed by atoms with Gasteiger partial charge in [-0.15, -0.1) is 0 Å². The van der Waals surface area contributed by atoms with Crippen molar-refractivity contribution in [3.63, 3.8) is 0 Å². The maximum atomic E-state index is 12.9. The van der Waals surface area contributed by atoms with E-state index in [9.17, 15) is 9.59 Å². The summed E-state index contributed by atoms with van der Waals surface area (Å²) >= 11 is 0. The van der Waals surface area contributed by atoms with Gasteiger partial charge in [0.05, 0.1) is 5.41 Å². The molecule has 1 fully saturated rings. The Bertz CT molecular complexity index is 845. The van der Waals surface area contributed by atoms with E-state index in [1.54, 1.807) is 4.90 Å². The predicted octanol–water partition coefficient (Wildman–Crippen LogP) is 2.76. The van der Waals surface area contributed by atoms with Crippen molar-refractivity contribution >= 4 is 17.5 Å². The van der Waals surface area contributed by atoms with Gasteiger partial charge in [-0.3, -0.25) is 9.59 Å². The first-order valence-corrected chi connectivity index (χ1v) is 8.27. The van der Waals surface area contributed by atoms with Crippen LogP contribution in [-0.4, -0.2) is 36.9 Å². The molecule has 2 aromatic rings. The molecule has 2 aliphatic rings. The maximum absolute atomic E-state index is 12.9. The second-order valence-corrected chi connectivity index (χ2v) is 6.76. The van der Waals surface area contributed by atoms with Crippen LogP contribution in [0.15, 0.2) is 48.5 Å². The zero-order valence-corrected chi connectivity index (χ0v) is 14.0. The highest BCUT2D eigenvalue weighted by atomic mass is 16.2. The average molecular weight is 320 g/mol. The molecule has 0 aliphatic carbocycles. The Morgan fingerprint density at radius 1 is 1.08 bits per heavy atom. The fourth-order valence-electron chi connectivity index (χ4n) is 4.08. The van der Waals surface area contributed by atoms with Gasteiger partial charge >= 0.3 is 0 Å². The number of para-hydroxylation sites is 1. The standard InChI is InChI=1S/C20H20N2O2/c1-14-7-3-4-8-15(14)18(23)22-12-11-20(13-22)16-9-5-6-10-17(16)21(2)19(20)24/h3-10H,11-13H2,1-2H3/t20-/m0/s1. The van der Waals surface area contributed by atoms with E-state index in [1.807, 2.05) is 67.4 Å². The van der Waals surface area contributed by atoms with E-state index >= 15 is 0 Å².